The Labute approximate surface area is 155 Å². The molecule has 0 spiro atoms. The van der Waals surface area contributed by atoms with E-state index >= 15 is 0 Å². The summed E-state index contributed by atoms with van der Waals surface area (Å²) in [6.45, 7) is 11.1. The minimum Gasteiger partial charge on any atom is -0.389 e. The highest BCUT2D eigenvalue weighted by Crippen LogP contribution is 2.60. The quantitative estimate of drug-likeness (QED) is 0.630. The molecule has 1 N–H and O–H groups in total. The van der Waals surface area contributed by atoms with Crippen molar-refractivity contribution >= 4 is 0 Å². The SMILES string of the molecule is CCC(C)N(CC(O)COCC12CC3CC(CC(C3)C1)C2)C(C)CC. The van der Waals surface area contributed by atoms with E-state index < -0.39 is 0 Å². The van der Waals surface area contributed by atoms with Crippen LogP contribution < -0.4 is 0 Å². The first-order chi connectivity index (χ1) is 11.9. The van der Waals surface area contributed by atoms with Crippen LogP contribution in [0.25, 0.3) is 0 Å². The molecule has 0 radical (unpaired) electrons. The van der Waals surface area contributed by atoms with E-state index in [0.717, 1.165) is 43.7 Å². The van der Waals surface area contributed by atoms with Gasteiger partial charge in [-0.2, -0.15) is 0 Å². The zero-order chi connectivity index (χ0) is 18.0. The van der Waals surface area contributed by atoms with Crippen molar-refractivity contribution in [3.8, 4) is 0 Å². The Morgan fingerprint density at radius 3 is 1.88 bits per heavy atom. The molecule has 0 aromatic carbocycles. The monoisotopic (exact) mass is 351 g/mol. The maximum atomic E-state index is 10.6. The number of hydrogen-bond acceptors (Lipinski definition) is 3. The number of ether oxygens (including phenoxy) is 1. The molecule has 3 unspecified atom stereocenters. The molecule has 146 valence electrons. The Balaban J connectivity index is 1.45. The normalized spacial score (nSPS) is 37.4. The van der Waals surface area contributed by atoms with E-state index in [4.69, 9.17) is 4.74 Å². The highest BCUT2D eigenvalue weighted by molar-refractivity contribution is 5.01. The van der Waals surface area contributed by atoms with E-state index in [2.05, 4.69) is 32.6 Å². The Morgan fingerprint density at radius 1 is 0.960 bits per heavy atom. The second-order valence-corrected chi connectivity index (χ2v) is 9.80. The van der Waals surface area contributed by atoms with Gasteiger partial charge in [0.25, 0.3) is 0 Å². The van der Waals surface area contributed by atoms with Gasteiger partial charge in [-0.05, 0) is 88.4 Å². The maximum Gasteiger partial charge on any atom is 0.0900 e. The Morgan fingerprint density at radius 2 is 1.44 bits per heavy atom. The molecule has 4 bridgehead atoms. The van der Waals surface area contributed by atoms with E-state index in [1.54, 1.807) is 0 Å². The Hall–Kier alpha value is -0.120. The first kappa shape index (κ1) is 19.6. The minimum absolute atomic E-state index is 0.364. The lowest BCUT2D eigenvalue weighted by molar-refractivity contribution is -0.108. The van der Waals surface area contributed by atoms with Crippen molar-refractivity contribution < 1.29 is 9.84 Å². The lowest BCUT2D eigenvalue weighted by Crippen LogP contribution is -2.49. The number of aliphatic hydroxyl groups is 1. The van der Waals surface area contributed by atoms with Crippen LogP contribution in [0.1, 0.15) is 79.1 Å². The molecule has 3 nitrogen and oxygen atoms in total. The number of aliphatic hydroxyl groups excluding tert-OH is 1. The van der Waals surface area contributed by atoms with Crippen molar-refractivity contribution in [1.82, 2.24) is 4.90 Å². The van der Waals surface area contributed by atoms with Gasteiger partial charge in [0.2, 0.25) is 0 Å². The second-order valence-electron chi connectivity index (χ2n) is 9.80. The van der Waals surface area contributed by atoms with Crippen LogP contribution in [0.15, 0.2) is 0 Å². The molecule has 3 heteroatoms. The van der Waals surface area contributed by atoms with Crippen molar-refractivity contribution in [2.24, 2.45) is 23.2 Å². The third kappa shape index (κ3) is 4.59. The summed E-state index contributed by atoms with van der Waals surface area (Å²) in [6.07, 6.45) is 10.5. The topological polar surface area (TPSA) is 32.7 Å². The molecule has 4 aliphatic rings. The average Bonchev–Trinajstić information content (AvgIpc) is 2.57. The van der Waals surface area contributed by atoms with Crippen LogP contribution in [0, 0.1) is 23.2 Å². The average molecular weight is 352 g/mol. The summed E-state index contributed by atoms with van der Waals surface area (Å²) in [7, 11) is 0. The van der Waals surface area contributed by atoms with E-state index in [9.17, 15) is 5.11 Å². The zero-order valence-corrected chi connectivity index (χ0v) is 17.0. The molecule has 25 heavy (non-hydrogen) atoms. The summed E-state index contributed by atoms with van der Waals surface area (Å²) in [5, 5.41) is 10.6. The Bertz CT molecular complexity index is 379. The molecule has 0 aromatic heterocycles. The van der Waals surface area contributed by atoms with Crippen molar-refractivity contribution in [2.75, 3.05) is 19.8 Å². The molecule has 4 saturated carbocycles. The molecule has 4 aliphatic carbocycles. The Kier molecular flexibility index (Phi) is 6.50. The number of hydrogen-bond donors (Lipinski definition) is 1. The molecule has 4 rings (SSSR count). The van der Waals surface area contributed by atoms with Gasteiger partial charge in [0.1, 0.15) is 0 Å². The summed E-state index contributed by atoms with van der Waals surface area (Å²) < 4.78 is 6.13. The van der Waals surface area contributed by atoms with Crippen LogP contribution in [0.4, 0.5) is 0 Å². The van der Waals surface area contributed by atoms with E-state index in [1.165, 1.54) is 38.5 Å². The van der Waals surface area contributed by atoms with Gasteiger partial charge in [0.15, 0.2) is 0 Å². The lowest BCUT2D eigenvalue weighted by atomic mass is 9.50. The van der Waals surface area contributed by atoms with Gasteiger partial charge in [0.05, 0.1) is 19.3 Å². The van der Waals surface area contributed by atoms with Gasteiger partial charge >= 0.3 is 0 Å². The number of nitrogens with zero attached hydrogens (tertiary/aromatic N) is 1. The standard InChI is InChI=1S/C22H41NO2/c1-5-16(3)23(17(4)6-2)13-21(24)14-25-15-22-10-18-7-19(11-22)9-20(8-18)12-22/h16-21,24H,5-15H2,1-4H3. The fraction of sp³-hybridized carbons (Fsp3) is 1.00. The summed E-state index contributed by atoms with van der Waals surface area (Å²) in [4.78, 5) is 2.46. The van der Waals surface area contributed by atoms with Gasteiger partial charge in [0, 0.05) is 18.6 Å². The molecule has 0 heterocycles. The molecular weight excluding hydrogens is 310 g/mol. The lowest BCUT2D eigenvalue weighted by Gasteiger charge is -2.56. The molecular formula is C22H41NO2. The van der Waals surface area contributed by atoms with Gasteiger partial charge in [-0.25, -0.2) is 0 Å². The predicted molar refractivity (Wildman–Crippen MR) is 104 cm³/mol. The van der Waals surface area contributed by atoms with Crippen LogP contribution >= 0.6 is 0 Å². The van der Waals surface area contributed by atoms with Crippen LogP contribution in [0.2, 0.25) is 0 Å². The molecule has 3 atom stereocenters. The van der Waals surface area contributed by atoms with Crippen molar-refractivity contribution in [3.05, 3.63) is 0 Å². The van der Waals surface area contributed by atoms with Gasteiger partial charge in [-0.1, -0.05) is 13.8 Å². The zero-order valence-electron chi connectivity index (χ0n) is 17.0. The van der Waals surface area contributed by atoms with Crippen LogP contribution in [-0.4, -0.2) is 48.0 Å². The fourth-order valence-corrected chi connectivity index (χ4v) is 6.44. The summed E-state index contributed by atoms with van der Waals surface area (Å²) in [5.74, 6) is 2.93. The highest BCUT2D eigenvalue weighted by atomic mass is 16.5. The highest BCUT2D eigenvalue weighted by Gasteiger charge is 2.50. The van der Waals surface area contributed by atoms with Crippen molar-refractivity contribution in [2.45, 2.75) is 97.2 Å². The summed E-state index contributed by atoms with van der Waals surface area (Å²) in [6, 6.07) is 1.04. The summed E-state index contributed by atoms with van der Waals surface area (Å²) in [5.41, 5.74) is 0.460. The first-order valence-corrected chi connectivity index (χ1v) is 11.0. The maximum absolute atomic E-state index is 10.6. The number of rotatable bonds is 10. The largest absolute Gasteiger partial charge is 0.389 e. The third-order valence-electron chi connectivity index (χ3n) is 7.62. The summed E-state index contributed by atoms with van der Waals surface area (Å²) >= 11 is 0. The van der Waals surface area contributed by atoms with E-state index in [1.807, 2.05) is 0 Å². The van der Waals surface area contributed by atoms with Gasteiger partial charge in [-0.3, -0.25) is 4.90 Å². The van der Waals surface area contributed by atoms with Gasteiger partial charge in [-0.15, -0.1) is 0 Å². The third-order valence-corrected chi connectivity index (χ3v) is 7.62. The van der Waals surface area contributed by atoms with E-state index in [0.29, 0.717) is 24.1 Å². The van der Waals surface area contributed by atoms with Crippen LogP contribution in [0.3, 0.4) is 0 Å². The predicted octanol–water partition coefficient (Wildman–Crippen LogP) is 4.48. The molecule has 0 aliphatic heterocycles. The smallest absolute Gasteiger partial charge is 0.0900 e. The molecule has 0 aromatic rings. The van der Waals surface area contributed by atoms with Crippen molar-refractivity contribution in [1.29, 1.82) is 0 Å². The van der Waals surface area contributed by atoms with Crippen molar-refractivity contribution in [3.63, 3.8) is 0 Å². The molecule has 0 amide bonds. The van der Waals surface area contributed by atoms with Crippen LogP contribution in [-0.2, 0) is 4.74 Å². The second kappa shape index (κ2) is 8.27. The molecule has 4 fully saturated rings. The molecule has 0 saturated heterocycles. The minimum atomic E-state index is -0.364. The fourth-order valence-electron chi connectivity index (χ4n) is 6.44. The van der Waals surface area contributed by atoms with Gasteiger partial charge < -0.3 is 9.84 Å². The van der Waals surface area contributed by atoms with E-state index in [-0.39, 0.29) is 6.10 Å². The van der Waals surface area contributed by atoms with Crippen LogP contribution in [0.5, 0.6) is 0 Å². The first-order valence-electron chi connectivity index (χ1n) is 11.0.